The second kappa shape index (κ2) is 5.98. The van der Waals surface area contributed by atoms with Gasteiger partial charge in [0.25, 0.3) is 0 Å². The molecule has 15 heavy (non-hydrogen) atoms. The van der Waals surface area contributed by atoms with Crippen LogP contribution in [-0.4, -0.2) is 35.2 Å². The predicted octanol–water partition coefficient (Wildman–Crippen LogP) is 2.59. The Morgan fingerprint density at radius 2 is 2.07 bits per heavy atom. The second-order valence-corrected chi connectivity index (χ2v) is 4.56. The van der Waals surface area contributed by atoms with E-state index in [4.69, 9.17) is 0 Å². The highest BCUT2D eigenvalue weighted by Gasteiger charge is 2.13. The third-order valence-corrected chi connectivity index (χ3v) is 3.06. The van der Waals surface area contributed by atoms with E-state index in [0.717, 1.165) is 29.5 Å². The van der Waals surface area contributed by atoms with Crippen molar-refractivity contribution in [2.24, 2.45) is 0 Å². The van der Waals surface area contributed by atoms with Crippen LogP contribution >= 0.6 is 11.3 Å². The molecule has 0 spiro atoms. The first-order chi connectivity index (χ1) is 7.25. The molecule has 0 saturated heterocycles. The molecular formula is C11H19N3S. The van der Waals surface area contributed by atoms with E-state index in [2.05, 4.69) is 28.2 Å². The van der Waals surface area contributed by atoms with E-state index < -0.39 is 0 Å². The zero-order chi connectivity index (χ0) is 11.3. The van der Waals surface area contributed by atoms with Gasteiger partial charge in [-0.1, -0.05) is 31.3 Å². The van der Waals surface area contributed by atoms with Crippen molar-refractivity contribution in [3.63, 3.8) is 0 Å². The lowest BCUT2D eigenvalue weighted by Gasteiger charge is -2.21. The minimum atomic E-state index is 1.01. The summed E-state index contributed by atoms with van der Waals surface area (Å²) in [5.41, 5.74) is 1.33. The van der Waals surface area contributed by atoms with Gasteiger partial charge in [0.05, 0.1) is 0 Å². The Labute approximate surface area is 95.8 Å². The van der Waals surface area contributed by atoms with Crippen LogP contribution in [0, 0.1) is 6.92 Å². The van der Waals surface area contributed by atoms with Crippen LogP contribution in [0.25, 0.3) is 5.57 Å². The van der Waals surface area contributed by atoms with Crippen molar-refractivity contribution in [3.05, 3.63) is 16.1 Å². The van der Waals surface area contributed by atoms with E-state index in [1.54, 1.807) is 11.3 Å². The summed E-state index contributed by atoms with van der Waals surface area (Å²) in [6, 6.07) is 0. The highest BCUT2D eigenvalue weighted by molar-refractivity contribution is 7.12. The maximum Gasteiger partial charge on any atom is 0.144 e. The average Bonchev–Trinajstić information content (AvgIpc) is 2.68. The molecule has 1 aromatic rings. The molecule has 1 aliphatic rings. The maximum atomic E-state index is 4.15. The molecule has 0 saturated carbocycles. The summed E-state index contributed by atoms with van der Waals surface area (Å²) in [4.78, 5) is 2.31. The molecule has 84 valence electrons. The summed E-state index contributed by atoms with van der Waals surface area (Å²) in [6.45, 7) is 8.16. The zero-order valence-corrected chi connectivity index (χ0v) is 10.8. The van der Waals surface area contributed by atoms with Crippen molar-refractivity contribution in [2.75, 3.05) is 20.1 Å². The van der Waals surface area contributed by atoms with E-state index in [0.29, 0.717) is 0 Å². The molecule has 0 atom stereocenters. The van der Waals surface area contributed by atoms with Crippen LogP contribution in [0.5, 0.6) is 0 Å². The fourth-order valence-electron chi connectivity index (χ4n) is 1.47. The summed E-state index contributed by atoms with van der Waals surface area (Å²) in [7, 11) is 2.14. The third kappa shape index (κ3) is 3.39. The molecule has 2 heterocycles. The first kappa shape index (κ1) is 12.3. The molecule has 3 nitrogen and oxygen atoms in total. The van der Waals surface area contributed by atoms with Crippen LogP contribution in [0.4, 0.5) is 0 Å². The van der Waals surface area contributed by atoms with Gasteiger partial charge in [0.15, 0.2) is 0 Å². The summed E-state index contributed by atoms with van der Waals surface area (Å²) in [6.07, 6.45) is 3.41. The van der Waals surface area contributed by atoms with Crippen LogP contribution in [-0.2, 0) is 0 Å². The Hall–Kier alpha value is -0.740. The third-order valence-electron chi connectivity index (χ3n) is 2.14. The topological polar surface area (TPSA) is 29.0 Å². The maximum absolute atomic E-state index is 4.15. The van der Waals surface area contributed by atoms with Gasteiger partial charge >= 0.3 is 0 Å². The molecule has 4 heteroatoms. The quantitative estimate of drug-likeness (QED) is 0.735. The molecular weight excluding hydrogens is 206 g/mol. The number of aryl methyl sites for hydroxylation is 1. The average molecular weight is 225 g/mol. The summed E-state index contributed by atoms with van der Waals surface area (Å²) < 4.78 is 0. The number of rotatable bonds is 1. The molecule has 0 fully saturated rings. The molecule has 0 amide bonds. The van der Waals surface area contributed by atoms with Gasteiger partial charge in [-0.25, -0.2) is 0 Å². The Kier molecular flexibility index (Phi) is 4.91. The smallest absolute Gasteiger partial charge is 0.144 e. The Morgan fingerprint density at radius 3 is 2.60 bits per heavy atom. The minimum absolute atomic E-state index is 1.01. The van der Waals surface area contributed by atoms with Gasteiger partial charge < -0.3 is 4.90 Å². The molecule has 0 N–H and O–H groups in total. The van der Waals surface area contributed by atoms with Crippen molar-refractivity contribution in [2.45, 2.75) is 27.2 Å². The fourth-order valence-corrected chi connectivity index (χ4v) is 2.20. The summed E-state index contributed by atoms with van der Waals surface area (Å²) >= 11 is 1.68. The number of nitrogens with zero attached hydrogens (tertiary/aromatic N) is 3. The van der Waals surface area contributed by atoms with Crippen molar-refractivity contribution in [1.82, 2.24) is 15.1 Å². The van der Waals surface area contributed by atoms with Gasteiger partial charge in [-0.15, -0.1) is 10.2 Å². The van der Waals surface area contributed by atoms with E-state index >= 15 is 0 Å². The van der Waals surface area contributed by atoms with Gasteiger partial charge in [-0.05, 0) is 20.4 Å². The van der Waals surface area contributed by atoms with Gasteiger partial charge in [-0.3, -0.25) is 0 Å². The van der Waals surface area contributed by atoms with Gasteiger partial charge in [-0.2, -0.15) is 0 Å². The van der Waals surface area contributed by atoms with Crippen molar-refractivity contribution in [1.29, 1.82) is 0 Å². The number of aromatic nitrogens is 2. The number of likely N-dealkylation sites (N-methyl/N-ethyl adjacent to an activating group) is 1. The van der Waals surface area contributed by atoms with Gasteiger partial charge in [0.2, 0.25) is 0 Å². The molecule has 0 aromatic carbocycles. The highest BCUT2D eigenvalue weighted by Crippen LogP contribution is 2.22. The number of hydrogen-bond donors (Lipinski definition) is 0. The molecule has 1 aromatic heterocycles. The second-order valence-electron chi connectivity index (χ2n) is 3.38. The first-order valence-corrected chi connectivity index (χ1v) is 6.25. The highest BCUT2D eigenvalue weighted by atomic mass is 32.1. The van der Waals surface area contributed by atoms with Crippen molar-refractivity contribution >= 4 is 16.9 Å². The standard InChI is InChI=1S/C9H13N3S.C2H6/c1-7-10-11-9(13-7)8-4-3-5-12(2)6-8;1-2/h4H,3,5-6H2,1-2H3;1-2H3. The number of hydrogen-bond acceptors (Lipinski definition) is 4. The van der Waals surface area contributed by atoms with Crippen LogP contribution in [0.3, 0.4) is 0 Å². The van der Waals surface area contributed by atoms with Crippen LogP contribution in [0.1, 0.15) is 30.3 Å². The lowest BCUT2D eigenvalue weighted by atomic mass is 10.1. The normalized spacial score (nSPS) is 16.7. The van der Waals surface area contributed by atoms with E-state index in [1.807, 2.05) is 20.8 Å². The largest absolute Gasteiger partial charge is 0.302 e. The minimum Gasteiger partial charge on any atom is -0.302 e. The van der Waals surface area contributed by atoms with Crippen molar-refractivity contribution < 1.29 is 0 Å². The molecule has 0 aliphatic carbocycles. The summed E-state index contributed by atoms with van der Waals surface area (Å²) in [5.74, 6) is 0. The van der Waals surface area contributed by atoms with E-state index in [1.165, 1.54) is 5.57 Å². The van der Waals surface area contributed by atoms with Crippen LogP contribution in [0.15, 0.2) is 6.08 Å². The van der Waals surface area contributed by atoms with Crippen LogP contribution in [0.2, 0.25) is 0 Å². The zero-order valence-electron chi connectivity index (χ0n) is 9.95. The van der Waals surface area contributed by atoms with Gasteiger partial charge in [0, 0.05) is 18.7 Å². The van der Waals surface area contributed by atoms with Crippen molar-refractivity contribution in [3.8, 4) is 0 Å². The Morgan fingerprint density at radius 1 is 1.33 bits per heavy atom. The SMILES string of the molecule is CC.Cc1nnc(C2=CCCN(C)C2)s1. The first-order valence-electron chi connectivity index (χ1n) is 5.44. The predicted molar refractivity (Wildman–Crippen MR) is 66.1 cm³/mol. The van der Waals surface area contributed by atoms with Gasteiger partial charge in [0.1, 0.15) is 10.0 Å². The molecule has 2 rings (SSSR count). The molecule has 0 unspecified atom stereocenters. The van der Waals surface area contributed by atoms with E-state index in [-0.39, 0.29) is 0 Å². The van der Waals surface area contributed by atoms with E-state index in [9.17, 15) is 0 Å². The molecule has 0 radical (unpaired) electrons. The molecule has 1 aliphatic heterocycles. The Balaban J connectivity index is 0.000000531. The lowest BCUT2D eigenvalue weighted by Crippen LogP contribution is -2.24. The Bertz CT molecular complexity index is 330. The molecule has 0 bridgehead atoms. The summed E-state index contributed by atoms with van der Waals surface area (Å²) in [5, 5.41) is 10.3. The monoisotopic (exact) mass is 225 g/mol. The van der Waals surface area contributed by atoms with Crippen LogP contribution < -0.4 is 0 Å². The lowest BCUT2D eigenvalue weighted by molar-refractivity contribution is 0.372. The fraction of sp³-hybridized carbons (Fsp3) is 0.636.